The van der Waals surface area contributed by atoms with Crippen LogP contribution < -0.4 is 4.90 Å². The van der Waals surface area contributed by atoms with E-state index in [4.69, 9.17) is 4.74 Å². The average Bonchev–Trinajstić information content (AvgIpc) is 2.84. The first kappa shape index (κ1) is 20.3. The number of carbonyl (C=O) groups excluding carboxylic acids is 2. The van der Waals surface area contributed by atoms with Crippen molar-refractivity contribution in [1.82, 2.24) is 0 Å². The van der Waals surface area contributed by atoms with E-state index in [2.05, 4.69) is 29.2 Å². The van der Waals surface area contributed by atoms with Crippen LogP contribution >= 0.6 is 11.8 Å². The lowest BCUT2D eigenvalue weighted by molar-refractivity contribution is -0.142. The van der Waals surface area contributed by atoms with Gasteiger partial charge in [-0.15, -0.1) is 0 Å². The fraction of sp³-hybridized carbons (Fsp3) is 0.111. The minimum Gasteiger partial charge on any atom is -0.457 e. The summed E-state index contributed by atoms with van der Waals surface area (Å²) >= 11 is 1.73. The molecule has 0 N–H and O–H groups in total. The fourth-order valence-electron chi connectivity index (χ4n) is 3.99. The van der Waals surface area contributed by atoms with Gasteiger partial charge in [-0.2, -0.15) is 0 Å². The van der Waals surface area contributed by atoms with E-state index in [0.29, 0.717) is 12.1 Å². The monoisotopic (exact) mass is 439 g/mol. The van der Waals surface area contributed by atoms with Crippen LogP contribution in [0.25, 0.3) is 10.8 Å². The molecule has 1 aliphatic rings. The van der Waals surface area contributed by atoms with E-state index in [9.17, 15) is 9.59 Å². The Morgan fingerprint density at radius 3 is 2.12 bits per heavy atom. The topological polar surface area (TPSA) is 46.6 Å². The van der Waals surface area contributed by atoms with Gasteiger partial charge < -0.3 is 9.64 Å². The molecule has 1 aliphatic heterocycles. The number of esters is 1. The zero-order chi connectivity index (χ0) is 21.9. The van der Waals surface area contributed by atoms with Crippen molar-refractivity contribution in [3.05, 3.63) is 96.6 Å². The van der Waals surface area contributed by atoms with E-state index < -0.39 is 0 Å². The lowest BCUT2D eigenvalue weighted by Crippen LogP contribution is -2.25. The van der Waals surface area contributed by atoms with Crippen LogP contribution in [0.5, 0.6) is 0 Å². The normalized spacial score (nSPS) is 12.2. The van der Waals surface area contributed by atoms with E-state index in [1.165, 1.54) is 0 Å². The number of nitrogens with zero attached hydrogens (tertiary/aromatic N) is 1. The van der Waals surface area contributed by atoms with Crippen molar-refractivity contribution < 1.29 is 14.3 Å². The van der Waals surface area contributed by atoms with Crippen LogP contribution in [0, 0.1) is 0 Å². The van der Waals surface area contributed by atoms with E-state index in [0.717, 1.165) is 31.9 Å². The molecule has 0 bridgehead atoms. The summed E-state index contributed by atoms with van der Waals surface area (Å²) in [5, 5.41) is 1.86. The lowest BCUT2D eigenvalue weighted by Gasteiger charge is -2.32. The van der Waals surface area contributed by atoms with E-state index in [1.807, 2.05) is 60.7 Å². The highest BCUT2D eigenvalue weighted by molar-refractivity contribution is 7.99. The van der Waals surface area contributed by atoms with Gasteiger partial charge in [0.15, 0.2) is 6.61 Å². The standard InChI is InChI=1S/C27H21NO3S/c29-24(21-11-7-9-19-8-1-2-10-20(19)21)18-31-27(30)16-17-28-22-12-3-5-14-25(22)32-26-15-6-4-13-23(26)28/h1-15H,16-18H2. The SMILES string of the molecule is O=C(CCN1c2ccccc2Sc2ccccc21)OCC(=O)c1cccc2ccccc12. The molecule has 0 radical (unpaired) electrons. The Bertz CT molecular complexity index is 1270. The molecule has 0 unspecified atom stereocenters. The summed E-state index contributed by atoms with van der Waals surface area (Å²) in [6, 6.07) is 29.6. The first-order valence-electron chi connectivity index (χ1n) is 10.5. The highest BCUT2D eigenvalue weighted by Crippen LogP contribution is 2.47. The molecule has 0 spiro atoms. The summed E-state index contributed by atoms with van der Waals surface area (Å²) in [5.74, 6) is -0.577. The maximum Gasteiger partial charge on any atom is 0.308 e. The Morgan fingerprint density at radius 2 is 1.38 bits per heavy atom. The van der Waals surface area contributed by atoms with Crippen LogP contribution in [0.2, 0.25) is 0 Å². The van der Waals surface area contributed by atoms with Gasteiger partial charge in [-0.05, 0) is 35.0 Å². The summed E-state index contributed by atoms with van der Waals surface area (Å²) in [6.07, 6.45) is 0.191. The third kappa shape index (κ3) is 3.99. The number of hydrogen-bond donors (Lipinski definition) is 0. The van der Waals surface area contributed by atoms with Gasteiger partial charge in [-0.3, -0.25) is 9.59 Å². The number of ketones is 1. The molecule has 0 aliphatic carbocycles. The molecule has 0 saturated carbocycles. The van der Waals surface area contributed by atoms with Gasteiger partial charge in [0, 0.05) is 21.9 Å². The van der Waals surface area contributed by atoms with Crippen LogP contribution in [0.4, 0.5) is 11.4 Å². The second-order valence-corrected chi connectivity index (χ2v) is 8.63. The summed E-state index contributed by atoms with van der Waals surface area (Å²) in [4.78, 5) is 29.7. The third-order valence-corrected chi connectivity index (χ3v) is 6.66. The van der Waals surface area contributed by atoms with Crippen molar-refractivity contribution >= 4 is 45.7 Å². The van der Waals surface area contributed by atoms with Crippen molar-refractivity contribution in [2.45, 2.75) is 16.2 Å². The van der Waals surface area contributed by atoms with Gasteiger partial charge >= 0.3 is 5.97 Å². The number of para-hydroxylation sites is 2. The van der Waals surface area contributed by atoms with Gasteiger partial charge in [-0.1, -0.05) is 78.5 Å². The average molecular weight is 440 g/mol. The molecule has 4 nitrogen and oxygen atoms in total. The lowest BCUT2D eigenvalue weighted by atomic mass is 10.0. The summed E-state index contributed by atoms with van der Waals surface area (Å²) in [5.41, 5.74) is 2.73. The van der Waals surface area contributed by atoms with Crippen molar-refractivity contribution in [3.63, 3.8) is 0 Å². The zero-order valence-corrected chi connectivity index (χ0v) is 18.2. The first-order valence-corrected chi connectivity index (χ1v) is 11.3. The van der Waals surface area contributed by atoms with Crippen molar-refractivity contribution in [2.24, 2.45) is 0 Å². The van der Waals surface area contributed by atoms with E-state index in [-0.39, 0.29) is 24.8 Å². The Balaban J connectivity index is 1.26. The first-order chi connectivity index (χ1) is 15.7. The number of Topliss-reactive ketones (excluding diaryl/α,β-unsaturated/α-hetero) is 1. The molecule has 4 aromatic carbocycles. The number of ether oxygens (including phenoxy) is 1. The van der Waals surface area contributed by atoms with Crippen LogP contribution in [-0.4, -0.2) is 24.9 Å². The molecule has 0 saturated heterocycles. The molecule has 0 aromatic heterocycles. The number of fused-ring (bicyclic) bond motifs is 3. The molecule has 5 rings (SSSR count). The van der Waals surface area contributed by atoms with Gasteiger partial charge in [0.2, 0.25) is 5.78 Å². The van der Waals surface area contributed by atoms with Gasteiger partial charge in [0.1, 0.15) is 0 Å². The second kappa shape index (κ2) is 8.89. The molecule has 4 aromatic rings. The smallest absolute Gasteiger partial charge is 0.308 e. The third-order valence-electron chi connectivity index (χ3n) is 5.53. The largest absolute Gasteiger partial charge is 0.457 e. The Morgan fingerprint density at radius 1 is 0.750 bits per heavy atom. The van der Waals surface area contributed by atoms with Crippen molar-refractivity contribution in [2.75, 3.05) is 18.1 Å². The van der Waals surface area contributed by atoms with Crippen LogP contribution in [-0.2, 0) is 9.53 Å². The number of benzene rings is 4. The Labute approximate surface area is 190 Å². The number of rotatable bonds is 6. The molecule has 0 fully saturated rings. The molecule has 0 atom stereocenters. The fourth-order valence-corrected chi connectivity index (χ4v) is 5.09. The van der Waals surface area contributed by atoms with Gasteiger partial charge in [0.25, 0.3) is 0 Å². The Hall–Kier alpha value is -3.57. The Kier molecular flexibility index (Phi) is 5.65. The summed E-state index contributed by atoms with van der Waals surface area (Å²) in [6.45, 7) is 0.228. The minimum atomic E-state index is -0.383. The van der Waals surface area contributed by atoms with Gasteiger partial charge in [0.05, 0.1) is 17.8 Å². The second-order valence-electron chi connectivity index (χ2n) is 7.55. The maximum atomic E-state index is 12.7. The molecule has 5 heteroatoms. The van der Waals surface area contributed by atoms with Crippen LogP contribution in [0.15, 0.2) is 101 Å². The number of carbonyl (C=O) groups is 2. The number of hydrogen-bond acceptors (Lipinski definition) is 5. The summed E-state index contributed by atoms with van der Waals surface area (Å²) < 4.78 is 5.35. The molecule has 158 valence electrons. The van der Waals surface area contributed by atoms with E-state index in [1.54, 1.807) is 17.8 Å². The molecule has 0 amide bonds. The van der Waals surface area contributed by atoms with Crippen molar-refractivity contribution in [1.29, 1.82) is 0 Å². The van der Waals surface area contributed by atoms with Crippen LogP contribution in [0.1, 0.15) is 16.8 Å². The molecular formula is C27H21NO3S. The molecule has 1 heterocycles. The van der Waals surface area contributed by atoms with Gasteiger partial charge in [-0.25, -0.2) is 0 Å². The zero-order valence-electron chi connectivity index (χ0n) is 17.4. The van der Waals surface area contributed by atoms with Crippen LogP contribution in [0.3, 0.4) is 0 Å². The van der Waals surface area contributed by atoms with E-state index >= 15 is 0 Å². The number of anilines is 2. The predicted molar refractivity (Wildman–Crippen MR) is 128 cm³/mol. The highest BCUT2D eigenvalue weighted by atomic mass is 32.2. The predicted octanol–water partition coefficient (Wildman–Crippen LogP) is 6.26. The van der Waals surface area contributed by atoms with Crippen molar-refractivity contribution in [3.8, 4) is 0 Å². The quantitative estimate of drug-likeness (QED) is 0.262. The highest BCUT2D eigenvalue weighted by Gasteiger charge is 2.23. The summed E-state index contributed by atoms with van der Waals surface area (Å²) in [7, 11) is 0. The molecule has 32 heavy (non-hydrogen) atoms. The molecular weight excluding hydrogens is 418 g/mol. The maximum absolute atomic E-state index is 12.7. The minimum absolute atomic E-state index is 0.191.